The molecule has 0 spiro atoms. The molecule has 0 fully saturated rings. The van der Waals surface area contributed by atoms with Gasteiger partial charge in [-0.05, 0) is 116 Å². The van der Waals surface area contributed by atoms with Gasteiger partial charge in [0.25, 0.3) is 7.82 Å². The molecule has 2 atom stereocenters. The Hall–Kier alpha value is -3.85. The average Bonchev–Trinajstić information content (AvgIpc) is 3.68. The van der Waals surface area contributed by atoms with Gasteiger partial charge in [0.15, 0.2) is 6.10 Å². The first-order chi connectivity index (χ1) is 43.0. The number of rotatable bonds is 65. The first-order valence-electron chi connectivity index (χ1n) is 35.9. The third-order valence-corrected chi connectivity index (χ3v) is 16.1. The number of ether oxygens (including phenoxy) is 2. The van der Waals surface area contributed by atoms with Crippen LogP contribution >= 0.6 is 7.82 Å². The SMILES string of the molecule is CC/C=C\C/C=C\C/C=C\C/C=C\C/C=C\C/C=C\C/C=C\C/C=C\C/C=C\C/C=C\CCCCCCCCCCC(=O)OC(COC(=O)CCCCCCCCCCCCCCC/C=C\CCCCCCCCCC)COP(=O)([O-])OCC[N+](C)(C)C. The summed E-state index contributed by atoms with van der Waals surface area (Å²) < 4.78 is 34.3. The van der Waals surface area contributed by atoms with Crippen LogP contribution in [0.3, 0.4) is 0 Å². The zero-order valence-electron chi connectivity index (χ0n) is 57.4. The molecule has 0 rings (SSSR count). The number of esters is 2. The Labute approximate surface area is 542 Å². The van der Waals surface area contributed by atoms with E-state index in [1.165, 1.54) is 154 Å². The minimum atomic E-state index is -4.65. The molecule has 0 radical (unpaired) electrons. The second-order valence-corrected chi connectivity index (χ2v) is 26.3. The average molecular weight is 1240 g/mol. The molecule has 9 nitrogen and oxygen atoms in total. The Kier molecular flexibility index (Phi) is 64.6. The van der Waals surface area contributed by atoms with Crippen molar-refractivity contribution in [2.24, 2.45) is 0 Å². The predicted octanol–water partition coefficient (Wildman–Crippen LogP) is 23.0. The van der Waals surface area contributed by atoms with Crippen LogP contribution in [0, 0.1) is 0 Å². The van der Waals surface area contributed by atoms with E-state index in [1.807, 2.05) is 21.1 Å². The fourth-order valence-corrected chi connectivity index (χ4v) is 10.4. The maximum atomic E-state index is 12.9. The van der Waals surface area contributed by atoms with Gasteiger partial charge in [-0.15, -0.1) is 0 Å². The van der Waals surface area contributed by atoms with Gasteiger partial charge in [0.1, 0.15) is 19.8 Å². The molecule has 504 valence electrons. The van der Waals surface area contributed by atoms with E-state index in [0.29, 0.717) is 17.4 Å². The standard InChI is InChI=1S/C78H134NO8P/c1-6-8-10-12-14-16-18-20-22-24-26-28-30-32-33-34-35-36-37-38-39-40-41-42-43-44-45-47-49-51-53-55-57-59-61-63-65-67-69-71-78(81)87-76(75-86-88(82,83)85-73-72-79(3,4)5)74-84-77(80)70-68-66-64-62-60-58-56-54-52-50-48-46-31-29-27-25-23-21-19-17-15-13-11-9-7-2/h8,10,14,16,20,22,25-28,32-33,35-36,38-39,41-42,44-45,49,51,76H,6-7,9,11-13,15,17-19,21,23-24,29-31,34,37,40,43,46-48,50,52-75H2,1-5H3/b10-8-,16-14-,22-20-,27-25-,28-26-,33-32-,36-35-,39-38-,42-41-,45-44-,51-49-. The maximum Gasteiger partial charge on any atom is 0.306 e. The lowest BCUT2D eigenvalue weighted by Crippen LogP contribution is -2.37. The van der Waals surface area contributed by atoms with E-state index in [9.17, 15) is 19.0 Å². The largest absolute Gasteiger partial charge is 0.756 e. The van der Waals surface area contributed by atoms with E-state index in [0.717, 1.165) is 109 Å². The van der Waals surface area contributed by atoms with Crippen molar-refractivity contribution in [2.75, 3.05) is 47.5 Å². The minimum absolute atomic E-state index is 0.0378. The predicted molar refractivity (Wildman–Crippen MR) is 378 cm³/mol. The Balaban J connectivity index is 4.11. The van der Waals surface area contributed by atoms with Crippen molar-refractivity contribution < 1.29 is 42.1 Å². The number of nitrogens with zero attached hydrogens (tertiary/aromatic N) is 1. The number of allylic oxidation sites excluding steroid dienone is 22. The van der Waals surface area contributed by atoms with Crippen LogP contribution < -0.4 is 4.89 Å². The van der Waals surface area contributed by atoms with Crippen LogP contribution in [-0.2, 0) is 32.7 Å². The van der Waals surface area contributed by atoms with Crippen LogP contribution in [0.5, 0.6) is 0 Å². The fourth-order valence-electron chi connectivity index (χ4n) is 9.68. The van der Waals surface area contributed by atoms with Crippen molar-refractivity contribution in [2.45, 2.75) is 302 Å². The molecule has 0 aliphatic carbocycles. The van der Waals surface area contributed by atoms with E-state index in [4.69, 9.17) is 18.5 Å². The molecular weight excluding hydrogens is 1110 g/mol. The molecule has 0 aliphatic rings. The molecule has 0 saturated heterocycles. The first kappa shape index (κ1) is 84.2. The lowest BCUT2D eigenvalue weighted by atomic mass is 10.0. The van der Waals surface area contributed by atoms with Gasteiger partial charge in [0.2, 0.25) is 0 Å². The van der Waals surface area contributed by atoms with E-state index in [1.54, 1.807) is 0 Å². The molecule has 0 N–H and O–H groups in total. The third-order valence-electron chi connectivity index (χ3n) is 15.2. The Morgan fingerprint density at radius 3 is 0.977 bits per heavy atom. The number of unbranched alkanes of at least 4 members (excludes halogenated alkanes) is 29. The van der Waals surface area contributed by atoms with Crippen molar-refractivity contribution in [3.8, 4) is 0 Å². The molecule has 2 unspecified atom stereocenters. The summed E-state index contributed by atoms with van der Waals surface area (Å²) in [6, 6.07) is 0. The number of quaternary nitrogens is 1. The van der Waals surface area contributed by atoms with Crippen LogP contribution in [0.25, 0.3) is 0 Å². The fraction of sp³-hybridized carbons (Fsp3) is 0.692. The van der Waals surface area contributed by atoms with E-state index in [-0.39, 0.29) is 32.0 Å². The molecule has 0 amide bonds. The van der Waals surface area contributed by atoms with E-state index >= 15 is 0 Å². The molecule has 10 heteroatoms. The van der Waals surface area contributed by atoms with Crippen molar-refractivity contribution in [1.29, 1.82) is 0 Å². The summed E-state index contributed by atoms with van der Waals surface area (Å²) in [4.78, 5) is 38.1. The minimum Gasteiger partial charge on any atom is -0.756 e. The number of phosphoric ester groups is 1. The highest BCUT2D eigenvalue weighted by Gasteiger charge is 2.22. The molecule has 0 aromatic carbocycles. The second kappa shape index (κ2) is 67.5. The van der Waals surface area contributed by atoms with Gasteiger partial charge in [0.05, 0.1) is 27.7 Å². The molecule has 0 heterocycles. The summed E-state index contributed by atoms with van der Waals surface area (Å²) >= 11 is 0. The molecular formula is C78H134NO8P. The maximum absolute atomic E-state index is 12.9. The molecule has 0 saturated carbocycles. The lowest BCUT2D eigenvalue weighted by Gasteiger charge is -2.28. The van der Waals surface area contributed by atoms with Gasteiger partial charge in [-0.3, -0.25) is 14.2 Å². The number of hydrogen-bond acceptors (Lipinski definition) is 8. The number of carbonyl (C=O) groups excluding carboxylic acids is 2. The summed E-state index contributed by atoms with van der Waals surface area (Å²) in [7, 11) is 1.15. The van der Waals surface area contributed by atoms with Crippen molar-refractivity contribution in [3.63, 3.8) is 0 Å². The Bertz CT molecular complexity index is 1950. The first-order valence-corrected chi connectivity index (χ1v) is 37.4. The van der Waals surface area contributed by atoms with Gasteiger partial charge in [0, 0.05) is 12.8 Å². The highest BCUT2D eigenvalue weighted by Crippen LogP contribution is 2.38. The quantitative estimate of drug-likeness (QED) is 0.0195. The highest BCUT2D eigenvalue weighted by molar-refractivity contribution is 7.45. The van der Waals surface area contributed by atoms with Crippen molar-refractivity contribution >= 4 is 19.8 Å². The highest BCUT2D eigenvalue weighted by atomic mass is 31.2. The van der Waals surface area contributed by atoms with Crippen LogP contribution in [0.15, 0.2) is 134 Å². The topological polar surface area (TPSA) is 111 Å². The normalized spacial score (nSPS) is 13.9. The van der Waals surface area contributed by atoms with E-state index in [2.05, 4.69) is 148 Å². The molecule has 0 aromatic rings. The van der Waals surface area contributed by atoms with Crippen LogP contribution in [-0.4, -0.2) is 70.0 Å². The third kappa shape index (κ3) is 71.2. The monoisotopic (exact) mass is 1240 g/mol. The van der Waals surface area contributed by atoms with Crippen LogP contribution in [0.4, 0.5) is 0 Å². The summed E-state index contributed by atoms with van der Waals surface area (Å²) in [6.07, 6.45) is 98.1. The zero-order chi connectivity index (χ0) is 64.1. The van der Waals surface area contributed by atoms with Crippen LogP contribution in [0.1, 0.15) is 296 Å². The summed E-state index contributed by atoms with van der Waals surface area (Å²) in [6.45, 7) is 4.13. The summed E-state index contributed by atoms with van der Waals surface area (Å²) in [5, 5.41) is 0. The Morgan fingerprint density at radius 1 is 0.364 bits per heavy atom. The smallest absolute Gasteiger partial charge is 0.306 e. The van der Waals surface area contributed by atoms with Gasteiger partial charge in [-0.25, -0.2) is 0 Å². The molecule has 0 bridgehead atoms. The Morgan fingerprint density at radius 2 is 0.648 bits per heavy atom. The molecule has 88 heavy (non-hydrogen) atoms. The summed E-state index contributed by atoms with van der Waals surface area (Å²) in [5.74, 6) is -0.842. The zero-order valence-corrected chi connectivity index (χ0v) is 58.3. The van der Waals surface area contributed by atoms with E-state index < -0.39 is 26.5 Å². The summed E-state index contributed by atoms with van der Waals surface area (Å²) in [5.41, 5.74) is 0. The van der Waals surface area contributed by atoms with Gasteiger partial charge in [-0.1, -0.05) is 302 Å². The number of hydrogen-bond donors (Lipinski definition) is 0. The number of carbonyl (C=O) groups is 2. The van der Waals surface area contributed by atoms with Crippen LogP contribution in [0.2, 0.25) is 0 Å². The second-order valence-electron chi connectivity index (χ2n) is 24.9. The molecule has 0 aromatic heterocycles. The van der Waals surface area contributed by atoms with Crippen molar-refractivity contribution in [1.82, 2.24) is 0 Å². The molecule has 0 aliphatic heterocycles. The van der Waals surface area contributed by atoms with Gasteiger partial charge >= 0.3 is 11.9 Å². The van der Waals surface area contributed by atoms with Gasteiger partial charge in [-0.2, -0.15) is 0 Å². The lowest BCUT2D eigenvalue weighted by molar-refractivity contribution is -0.870. The van der Waals surface area contributed by atoms with Crippen molar-refractivity contribution in [3.05, 3.63) is 134 Å². The number of likely N-dealkylation sites (N-methyl/N-ethyl adjacent to an activating group) is 1. The van der Waals surface area contributed by atoms with Gasteiger partial charge < -0.3 is 27.9 Å². The number of phosphoric acid groups is 1.